The molecule has 0 aromatic heterocycles. The molecule has 6 heteroatoms. The van der Waals surface area contributed by atoms with Crippen molar-refractivity contribution in [3.05, 3.63) is 35.6 Å². The summed E-state index contributed by atoms with van der Waals surface area (Å²) in [6.45, 7) is 5.18. The van der Waals surface area contributed by atoms with E-state index >= 15 is 0 Å². The van der Waals surface area contributed by atoms with E-state index in [4.69, 9.17) is 4.74 Å². The van der Waals surface area contributed by atoms with E-state index in [2.05, 4.69) is 10.6 Å². The van der Waals surface area contributed by atoms with Gasteiger partial charge in [0.05, 0.1) is 13.2 Å². The third-order valence-corrected chi connectivity index (χ3v) is 5.11. The zero-order valence-corrected chi connectivity index (χ0v) is 14.7. The Balaban J connectivity index is 1.63. The van der Waals surface area contributed by atoms with Gasteiger partial charge in [0.2, 0.25) is 5.91 Å². The summed E-state index contributed by atoms with van der Waals surface area (Å²) in [5.41, 5.74) is 0.446. The minimum absolute atomic E-state index is 0.115. The number of halogens is 1. The minimum Gasteiger partial charge on any atom is -0.379 e. The Morgan fingerprint density at radius 1 is 1.36 bits per heavy atom. The van der Waals surface area contributed by atoms with Crippen LogP contribution in [-0.4, -0.2) is 56.7 Å². The molecule has 0 bridgehead atoms. The van der Waals surface area contributed by atoms with Crippen molar-refractivity contribution in [2.75, 3.05) is 45.9 Å². The number of hydrogen-bond acceptors (Lipinski definition) is 4. The summed E-state index contributed by atoms with van der Waals surface area (Å²) in [6, 6.07) is 5.98. The van der Waals surface area contributed by atoms with Gasteiger partial charge in [-0.25, -0.2) is 4.39 Å². The fourth-order valence-electron chi connectivity index (χ4n) is 3.70. The number of morpholine rings is 1. The van der Waals surface area contributed by atoms with Crippen LogP contribution in [-0.2, 0) is 9.53 Å². The van der Waals surface area contributed by atoms with E-state index in [0.29, 0.717) is 44.3 Å². The second-order valence-electron chi connectivity index (χ2n) is 6.86. The molecule has 2 unspecified atom stereocenters. The van der Waals surface area contributed by atoms with Crippen LogP contribution < -0.4 is 10.6 Å². The lowest BCUT2D eigenvalue weighted by molar-refractivity contribution is -0.128. The van der Waals surface area contributed by atoms with E-state index in [1.807, 2.05) is 4.90 Å². The average Bonchev–Trinajstić information content (AvgIpc) is 2.65. The number of hydrogen-bond donors (Lipinski definition) is 2. The molecule has 5 nitrogen and oxygen atoms in total. The Labute approximate surface area is 148 Å². The maximum absolute atomic E-state index is 14.3. The van der Waals surface area contributed by atoms with Crippen molar-refractivity contribution in [2.45, 2.75) is 25.3 Å². The topological polar surface area (TPSA) is 53.6 Å². The molecule has 0 spiro atoms. The first-order valence-electron chi connectivity index (χ1n) is 9.30. The Morgan fingerprint density at radius 2 is 2.16 bits per heavy atom. The summed E-state index contributed by atoms with van der Waals surface area (Å²) in [6.07, 6.45) is 3.37. The number of amides is 1. The second-order valence-corrected chi connectivity index (χ2v) is 6.86. The normalized spacial score (nSPS) is 23.2. The largest absolute Gasteiger partial charge is 0.379 e. The van der Waals surface area contributed by atoms with Crippen molar-refractivity contribution in [1.29, 1.82) is 0 Å². The molecular formula is C19H28FN3O2. The summed E-state index contributed by atoms with van der Waals surface area (Å²) < 4.78 is 19.7. The molecule has 138 valence electrons. The van der Waals surface area contributed by atoms with E-state index in [0.717, 1.165) is 19.5 Å². The summed E-state index contributed by atoms with van der Waals surface area (Å²) in [7, 11) is 0. The molecule has 25 heavy (non-hydrogen) atoms. The Kier molecular flexibility index (Phi) is 6.78. The highest BCUT2D eigenvalue weighted by Crippen LogP contribution is 2.25. The minimum atomic E-state index is -0.588. The van der Waals surface area contributed by atoms with Crippen LogP contribution in [0.4, 0.5) is 4.39 Å². The van der Waals surface area contributed by atoms with E-state index in [9.17, 15) is 9.18 Å². The molecule has 2 aliphatic heterocycles. The Bertz CT molecular complexity index is 557. The third kappa shape index (κ3) is 5.00. The van der Waals surface area contributed by atoms with Crippen LogP contribution in [0.25, 0.3) is 0 Å². The fraction of sp³-hybridized carbons (Fsp3) is 0.632. The van der Waals surface area contributed by atoms with Gasteiger partial charge in [0.25, 0.3) is 0 Å². The standard InChI is InChI=1S/C19H28FN3O2/c20-17-6-2-1-5-16(17)18(23-10-12-25-13-11-23)19(24)22-9-7-15-4-3-8-21-14-15/h1-2,5-6,15,18,21H,3-4,7-14H2,(H,22,24). The van der Waals surface area contributed by atoms with Gasteiger partial charge >= 0.3 is 0 Å². The lowest BCUT2D eigenvalue weighted by atomic mass is 9.96. The molecule has 2 atom stereocenters. The number of benzene rings is 1. The van der Waals surface area contributed by atoms with Gasteiger partial charge in [-0.3, -0.25) is 9.69 Å². The van der Waals surface area contributed by atoms with Crippen LogP contribution in [0.1, 0.15) is 30.9 Å². The van der Waals surface area contributed by atoms with Crippen LogP contribution in [0.15, 0.2) is 24.3 Å². The van der Waals surface area contributed by atoms with Gasteiger partial charge in [-0.15, -0.1) is 0 Å². The number of ether oxygens (including phenoxy) is 1. The van der Waals surface area contributed by atoms with E-state index in [1.54, 1.807) is 18.2 Å². The zero-order chi connectivity index (χ0) is 17.5. The van der Waals surface area contributed by atoms with Crippen LogP contribution in [0.3, 0.4) is 0 Å². The van der Waals surface area contributed by atoms with Crippen molar-refractivity contribution in [3.8, 4) is 0 Å². The Hall–Kier alpha value is -1.50. The van der Waals surface area contributed by atoms with Crippen molar-refractivity contribution in [1.82, 2.24) is 15.5 Å². The van der Waals surface area contributed by atoms with Crippen LogP contribution in [0.2, 0.25) is 0 Å². The highest BCUT2D eigenvalue weighted by molar-refractivity contribution is 5.83. The molecule has 0 radical (unpaired) electrons. The number of nitrogens with zero attached hydrogens (tertiary/aromatic N) is 1. The zero-order valence-electron chi connectivity index (χ0n) is 14.7. The predicted octanol–water partition coefficient (Wildman–Crippen LogP) is 1.70. The number of carbonyl (C=O) groups excluding carboxylic acids is 1. The summed E-state index contributed by atoms with van der Waals surface area (Å²) >= 11 is 0. The van der Waals surface area contributed by atoms with Gasteiger partial charge in [0.1, 0.15) is 11.9 Å². The van der Waals surface area contributed by atoms with Crippen LogP contribution in [0, 0.1) is 11.7 Å². The molecule has 2 fully saturated rings. The molecular weight excluding hydrogens is 321 g/mol. The number of rotatable bonds is 6. The third-order valence-electron chi connectivity index (χ3n) is 5.11. The number of nitrogens with one attached hydrogen (secondary N) is 2. The molecule has 1 aromatic carbocycles. The van der Waals surface area contributed by atoms with Gasteiger partial charge in [-0.1, -0.05) is 18.2 Å². The van der Waals surface area contributed by atoms with Crippen LogP contribution in [0.5, 0.6) is 0 Å². The molecule has 1 amide bonds. The van der Waals surface area contributed by atoms with E-state index in [1.165, 1.54) is 18.9 Å². The molecule has 1 aromatic rings. The Morgan fingerprint density at radius 3 is 2.88 bits per heavy atom. The molecule has 2 N–H and O–H groups in total. The smallest absolute Gasteiger partial charge is 0.242 e. The van der Waals surface area contributed by atoms with Gasteiger partial charge in [0.15, 0.2) is 0 Å². The summed E-state index contributed by atoms with van der Waals surface area (Å²) in [5.74, 6) is 0.172. The average molecular weight is 349 g/mol. The molecule has 2 heterocycles. The predicted molar refractivity (Wildman–Crippen MR) is 94.8 cm³/mol. The fourth-order valence-corrected chi connectivity index (χ4v) is 3.70. The maximum atomic E-state index is 14.3. The van der Waals surface area contributed by atoms with Gasteiger partial charge < -0.3 is 15.4 Å². The lowest BCUT2D eigenvalue weighted by Crippen LogP contribution is -2.46. The van der Waals surface area contributed by atoms with Crippen molar-refractivity contribution < 1.29 is 13.9 Å². The second kappa shape index (κ2) is 9.27. The molecule has 3 rings (SSSR count). The van der Waals surface area contributed by atoms with Crippen molar-refractivity contribution in [3.63, 3.8) is 0 Å². The first-order chi connectivity index (χ1) is 12.3. The van der Waals surface area contributed by atoms with E-state index in [-0.39, 0.29) is 11.7 Å². The van der Waals surface area contributed by atoms with Gasteiger partial charge in [0, 0.05) is 25.2 Å². The molecule has 0 aliphatic carbocycles. The first-order valence-corrected chi connectivity index (χ1v) is 9.30. The SMILES string of the molecule is O=C(NCCC1CCCNC1)C(c1ccccc1F)N1CCOCC1. The lowest BCUT2D eigenvalue weighted by Gasteiger charge is -2.34. The molecule has 2 saturated heterocycles. The van der Waals surface area contributed by atoms with Gasteiger partial charge in [-0.2, -0.15) is 0 Å². The molecule has 0 saturated carbocycles. The van der Waals surface area contributed by atoms with Crippen LogP contribution >= 0.6 is 0 Å². The summed E-state index contributed by atoms with van der Waals surface area (Å²) in [4.78, 5) is 14.9. The summed E-state index contributed by atoms with van der Waals surface area (Å²) in [5, 5.41) is 6.43. The van der Waals surface area contributed by atoms with E-state index < -0.39 is 6.04 Å². The van der Waals surface area contributed by atoms with Crippen molar-refractivity contribution >= 4 is 5.91 Å². The highest BCUT2D eigenvalue weighted by atomic mass is 19.1. The van der Waals surface area contributed by atoms with Gasteiger partial charge in [-0.05, 0) is 44.3 Å². The number of piperidine rings is 1. The quantitative estimate of drug-likeness (QED) is 0.821. The highest BCUT2D eigenvalue weighted by Gasteiger charge is 2.31. The number of carbonyl (C=O) groups is 1. The molecule has 2 aliphatic rings. The van der Waals surface area contributed by atoms with Crippen molar-refractivity contribution in [2.24, 2.45) is 5.92 Å². The monoisotopic (exact) mass is 349 g/mol. The maximum Gasteiger partial charge on any atom is 0.242 e. The first kappa shape index (κ1) is 18.3.